The van der Waals surface area contributed by atoms with Crippen molar-refractivity contribution in [1.29, 1.82) is 0 Å². The van der Waals surface area contributed by atoms with Gasteiger partial charge in [0.2, 0.25) is 11.8 Å². The fourth-order valence-electron chi connectivity index (χ4n) is 3.08. The zero-order chi connectivity index (χ0) is 17.6. The molecule has 1 saturated heterocycles. The number of benzene rings is 1. The number of halogens is 1. The molecule has 0 aliphatic carbocycles. The summed E-state index contributed by atoms with van der Waals surface area (Å²) in [4.78, 5) is 20.5. The number of aryl methyl sites for hydroxylation is 2. The van der Waals surface area contributed by atoms with E-state index in [0.717, 1.165) is 38.0 Å². The van der Waals surface area contributed by atoms with E-state index in [1.165, 1.54) is 6.07 Å². The van der Waals surface area contributed by atoms with Gasteiger partial charge in [-0.3, -0.25) is 9.69 Å². The Balaban J connectivity index is 1.38. The van der Waals surface area contributed by atoms with Gasteiger partial charge in [0.15, 0.2) is 5.82 Å². The van der Waals surface area contributed by atoms with Crippen molar-refractivity contribution < 1.29 is 13.7 Å². The number of piperazine rings is 1. The third-order valence-corrected chi connectivity index (χ3v) is 4.48. The number of aromatic nitrogens is 2. The predicted molar refractivity (Wildman–Crippen MR) is 90.5 cm³/mol. The molecule has 25 heavy (non-hydrogen) atoms. The highest BCUT2D eigenvalue weighted by Gasteiger charge is 2.22. The summed E-state index contributed by atoms with van der Waals surface area (Å²) in [6, 6.07) is 6.93. The first-order valence-corrected chi connectivity index (χ1v) is 8.64. The van der Waals surface area contributed by atoms with Gasteiger partial charge in [0.05, 0.1) is 6.42 Å². The lowest BCUT2D eigenvalue weighted by Gasteiger charge is -2.34. The minimum absolute atomic E-state index is 0.0341. The minimum atomic E-state index is -0.130. The maximum absolute atomic E-state index is 13.6. The lowest BCUT2D eigenvalue weighted by molar-refractivity contribution is -0.132. The third kappa shape index (κ3) is 4.85. The number of amides is 1. The van der Waals surface area contributed by atoms with Crippen LogP contribution >= 0.6 is 0 Å². The van der Waals surface area contributed by atoms with E-state index in [1.54, 1.807) is 13.0 Å². The number of carbonyl (C=O) groups excluding carboxylic acids is 1. The molecule has 3 rings (SSSR count). The van der Waals surface area contributed by atoms with Crippen LogP contribution in [-0.2, 0) is 17.6 Å². The van der Waals surface area contributed by atoms with Crippen LogP contribution in [0.1, 0.15) is 23.7 Å². The van der Waals surface area contributed by atoms with Crippen molar-refractivity contribution in [3.8, 4) is 0 Å². The average Bonchev–Trinajstić information content (AvgIpc) is 3.02. The molecule has 0 spiro atoms. The first-order valence-electron chi connectivity index (χ1n) is 8.64. The van der Waals surface area contributed by atoms with Crippen LogP contribution in [0.2, 0.25) is 0 Å². The van der Waals surface area contributed by atoms with Crippen molar-refractivity contribution >= 4 is 5.91 Å². The molecule has 1 aromatic heterocycles. The van der Waals surface area contributed by atoms with Crippen molar-refractivity contribution in [3.63, 3.8) is 0 Å². The van der Waals surface area contributed by atoms with Crippen LogP contribution in [0.15, 0.2) is 28.8 Å². The molecule has 1 amide bonds. The van der Waals surface area contributed by atoms with Crippen LogP contribution < -0.4 is 0 Å². The summed E-state index contributed by atoms with van der Waals surface area (Å²) in [6.07, 6.45) is 1.84. The quantitative estimate of drug-likeness (QED) is 0.799. The zero-order valence-electron chi connectivity index (χ0n) is 14.4. The summed E-state index contributed by atoms with van der Waals surface area (Å²) in [7, 11) is 0. The smallest absolute Gasteiger partial charge is 0.230 e. The second-order valence-electron chi connectivity index (χ2n) is 6.32. The van der Waals surface area contributed by atoms with Gasteiger partial charge in [-0.15, -0.1) is 0 Å². The lowest BCUT2D eigenvalue weighted by Crippen LogP contribution is -2.49. The molecule has 0 saturated carbocycles. The van der Waals surface area contributed by atoms with E-state index in [9.17, 15) is 9.18 Å². The van der Waals surface area contributed by atoms with Gasteiger partial charge in [-0.1, -0.05) is 23.4 Å². The van der Waals surface area contributed by atoms with Crippen LogP contribution in [0.4, 0.5) is 4.39 Å². The Bertz CT molecular complexity index is 711. The largest absolute Gasteiger partial charge is 0.340 e. The van der Waals surface area contributed by atoms with Gasteiger partial charge < -0.3 is 9.42 Å². The Labute approximate surface area is 146 Å². The summed E-state index contributed by atoms with van der Waals surface area (Å²) in [5.41, 5.74) is 0.770. The molecule has 1 aliphatic heterocycles. The van der Waals surface area contributed by atoms with Gasteiger partial charge in [-0.05, 0) is 31.0 Å². The van der Waals surface area contributed by atoms with Gasteiger partial charge >= 0.3 is 0 Å². The molecule has 0 radical (unpaired) electrons. The predicted octanol–water partition coefficient (Wildman–Crippen LogP) is 1.84. The number of hydrogen-bond acceptors (Lipinski definition) is 5. The first kappa shape index (κ1) is 17.5. The highest BCUT2D eigenvalue weighted by Crippen LogP contribution is 2.11. The molecule has 0 N–H and O–H groups in total. The Morgan fingerprint density at radius 1 is 1.24 bits per heavy atom. The first-order chi connectivity index (χ1) is 12.1. The fourth-order valence-corrected chi connectivity index (χ4v) is 3.08. The fraction of sp³-hybridized carbons (Fsp3) is 0.500. The Morgan fingerprint density at radius 3 is 2.68 bits per heavy atom. The molecule has 7 heteroatoms. The normalized spacial score (nSPS) is 15.5. The van der Waals surface area contributed by atoms with E-state index in [1.807, 2.05) is 17.0 Å². The monoisotopic (exact) mass is 346 g/mol. The molecule has 6 nitrogen and oxygen atoms in total. The molecule has 1 fully saturated rings. The van der Waals surface area contributed by atoms with Gasteiger partial charge in [0, 0.05) is 33.1 Å². The molecular weight excluding hydrogens is 323 g/mol. The topological polar surface area (TPSA) is 62.5 Å². The van der Waals surface area contributed by atoms with E-state index in [-0.39, 0.29) is 18.1 Å². The lowest BCUT2D eigenvalue weighted by atomic mass is 10.1. The molecule has 1 aromatic carbocycles. The van der Waals surface area contributed by atoms with Crippen molar-refractivity contribution in [2.24, 2.45) is 0 Å². The van der Waals surface area contributed by atoms with E-state index in [0.29, 0.717) is 24.8 Å². The van der Waals surface area contributed by atoms with E-state index in [4.69, 9.17) is 4.52 Å². The average molecular weight is 346 g/mol. The van der Waals surface area contributed by atoms with E-state index < -0.39 is 0 Å². The number of nitrogens with zero attached hydrogens (tertiary/aromatic N) is 4. The van der Waals surface area contributed by atoms with Crippen LogP contribution in [0.5, 0.6) is 0 Å². The van der Waals surface area contributed by atoms with Crippen molar-refractivity contribution in [3.05, 3.63) is 47.4 Å². The molecule has 0 unspecified atom stereocenters. The summed E-state index contributed by atoms with van der Waals surface area (Å²) >= 11 is 0. The maximum Gasteiger partial charge on any atom is 0.230 e. The Kier molecular flexibility index (Phi) is 5.75. The summed E-state index contributed by atoms with van der Waals surface area (Å²) in [6.45, 7) is 5.72. The van der Waals surface area contributed by atoms with Crippen LogP contribution in [-0.4, -0.2) is 58.6 Å². The Hall–Kier alpha value is -2.28. The van der Waals surface area contributed by atoms with Crippen molar-refractivity contribution in [2.45, 2.75) is 26.2 Å². The molecule has 134 valence electrons. The number of carbonyl (C=O) groups is 1. The third-order valence-electron chi connectivity index (χ3n) is 4.48. The molecule has 0 bridgehead atoms. The summed E-state index contributed by atoms with van der Waals surface area (Å²) < 4.78 is 18.5. The second-order valence-corrected chi connectivity index (χ2v) is 6.32. The Morgan fingerprint density at radius 2 is 2.00 bits per heavy atom. The molecule has 1 aliphatic rings. The van der Waals surface area contributed by atoms with Gasteiger partial charge in [0.25, 0.3) is 0 Å². The summed E-state index contributed by atoms with van der Waals surface area (Å²) in [5, 5.41) is 3.77. The zero-order valence-corrected chi connectivity index (χ0v) is 14.4. The van der Waals surface area contributed by atoms with Crippen LogP contribution in [0.25, 0.3) is 0 Å². The van der Waals surface area contributed by atoms with E-state index in [2.05, 4.69) is 15.0 Å². The molecule has 2 heterocycles. The SMILES string of the molecule is Cc1nc(CC(=O)N2CCN(CCCc3ccccc3F)CC2)no1. The van der Waals surface area contributed by atoms with Gasteiger partial charge in [-0.25, -0.2) is 4.39 Å². The van der Waals surface area contributed by atoms with Gasteiger partial charge in [-0.2, -0.15) is 4.98 Å². The van der Waals surface area contributed by atoms with Crippen LogP contribution in [0, 0.1) is 12.7 Å². The standard InChI is InChI=1S/C18H23FN4O2/c1-14-20-17(21-25-14)13-18(24)23-11-9-22(10-12-23)8-4-6-15-5-2-3-7-16(15)19/h2-3,5,7H,4,6,8-13H2,1H3. The number of hydrogen-bond donors (Lipinski definition) is 0. The maximum atomic E-state index is 13.6. The highest BCUT2D eigenvalue weighted by molar-refractivity contribution is 5.78. The van der Waals surface area contributed by atoms with Gasteiger partial charge in [0.1, 0.15) is 5.82 Å². The van der Waals surface area contributed by atoms with Crippen molar-refractivity contribution in [2.75, 3.05) is 32.7 Å². The number of rotatable bonds is 6. The second kappa shape index (κ2) is 8.20. The molecule has 2 aromatic rings. The minimum Gasteiger partial charge on any atom is -0.340 e. The molecule has 0 atom stereocenters. The van der Waals surface area contributed by atoms with Crippen LogP contribution in [0.3, 0.4) is 0 Å². The highest BCUT2D eigenvalue weighted by atomic mass is 19.1. The van der Waals surface area contributed by atoms with Crippen molar-refractivity contribution in [1.82, 2.24) is 19.9 Å². The van der Waals surface area contributed by atoms with E-state index >= 15 is 0 Å². The molecular formula is C18H23FN4O2. The summed E-state index contributed by atoms with van der Waals surface area (Å²) in [5.74, 6) is 0.818.